The smallest absolute Gasteiger partial charge is 0.124 e. The normalized spacial score (nSPS) is 16.9. The van der Waals surface area contributed by atoms with Gasteiger partial charge in [-0.25, -0.2) is 4.39 Å². The quantitative estimate of drug-likeness (QED) is 0.854. The zero-order valence-electron chi connectivity index (χ0n) is 9.93. The molecule has 0 spiro atoms. The Morgan fingerprint density at radius 2 is 2.12 bits per heavy atom. The summed E-state index contributed by atoms with van der Waals surface area (Å²) in [7, 11) is 0. The fourth-order valence-corrected chi connectivity index (χ4v) is 1.90. The van der Waals surface area contributed by atoms with Gasteiger partial charge in [-0.2, -0.15) is 0 Å². The van der Waals surface area contributed by atoms with Gasteiger partial charge in [-0.05, 0) is 30.5 Å². The molecule has 16 heavy (non-hydrogen) atoms. The lowest BCUT2D eigenvalue weighted by Crippen LogP contribution is -2.35. The summed E-state index contributed by atoms with van der Waals surface area (Å²) in [6.07, 6.45) is 1.34. The van der Waals surface area contributed by atoms with Crippen LogP contribution in [0.1, 0.15) is 32.8 Å². The molecule has 0 aliphatic rings. The van der Waals surface area contributed by atoms with Crippen molar-refractivity contribution >= 4 is 11.6 Å². The van der Waals surface area contributed by atoms with Gasteiger partial charge in [0, 0.05) is 11.4 Å². The Kier molecular flexibility index (Phi) is 4.34. The van der Waals surface area contributed by atoms with E-state index in [0.29, 0.717) is 11.4 Å². The number of aliphatic hydroxyl groups is 1. The predicted molar refractivity (Wildman–Crippen MR) is 65.2 cm³/mol. The molecule has 1 aromatic rings. The second-order valence-electron chi connectivity index (χ2n) is 4.58. The van der Waals surface area contributed by atoms with E-state index in [2.05, 4.69) is 0 Å². The standard InChI is InChI=1S/C13H18ClFO/c1-4-9(2)13(3,16)8-10-5-6-11(15)7-12(10)14/h5-7,9,16H,4,8H2,1-3H3. The third-order valence-corrected chi connectivity index (χ3v) is 3.59. The average molecular weight is 245 g/mol. The average Bonchev–Trinajstić information content (AvgIpc) is 2.21. The number of benzene rings is 1. The summed E-state index contributed by atoms with van der Waals surface area (Å²) >= 11 is 5.93. The molecule has 0 radical (unpaired) electrons. The Morgan fingerprint density at radius 3 is 2.62 bits per heavy atom. The fourth-order valence-electron chi connectivity index (χ4n) is 1.66. The Morgan fingerprint density at radius 1 is 1.50 bits per heavy atom. The molecule has 0 heterocycles. The van der Waals surface area contributed by atoms with E-state index in [4.69, 9.17) is 11.6 Å². The molecule has 0 fully saturated rings. The highest BCUT2D eigenvalue weighted by Crippen LogP contribution is 2.28. The van der Waals surface area contributed by atoms with E-state index in [9.17, 15) is 9.50 Å². The first-order valence-electron chi connectivity index (χ1n) is 5.53. The Labute approximate surface area is 101 Å². The van der Waals surface area contributed by atoms with Crippen molar-refractivity contribution in [2.75, 3.05) is 0 Å². The van der Waals surface area contributed by atoms with E-state index >= 15 is 0 Å². The number of rotatable bonds is 4. The molecule has 0 aliphatic carbocycles. The highest BCUT2D eigenvalue weighted by Gasteiger charge is 2.28. The third kappa shape index (κ3) is 3.19. The topological polar surface area (TPSA) is 20.2 Å². The molecule has 1 N–H and O–H groups in total. The number of hydrogen-bond donors (Lipinski definition) is 1. The highest BCUT2D eigenvalue weighted by atomic mass is 35.5. The first-order valence-corrected chi connectivity index (χ1v) is 5.91. The van der Waals surface area contributed by atoms with Crippen molar-refractivity contribution in [1.29, 1.82) is 0 Å². The lowest BCUT2D eigenvalue weighted by atomic mass is 9.83. The SMILES string of the molecule is CCC(C)C(C)(O)Cc1ccc(F)cc1Cl. The first kappa shape index (κ1) is 13.5. The van der Waals surface area contributed by atoms with Crippen LogP contribution in [0.4, 0.5) is 4.39 Å². The van der Waals surface area contributed by atoms with Crippen molar-refractivity contribution in [3.8, 4) is 0 Å². The maximum atomic E-state index is 12.9. The second kappa shape index (κ2) is 5.15. The van der Waals surface area contributed by atoms with Gasteiger partial charge in [0.15, 0.2) is 0 Å². The number of halogens is 2. The maximum Gasteiger partial charge on any atom is 0.124 e. The molecular formula is C13H18ClFO. The predicted octanol–water partition coefficient (Wildman–Crippen LogP) is 3.82. The van der Waals surface area contributed by atoms with Gasteiger partial charge in [0.25, 0.3) is 0 Å². The minimum Gasteiger partial charge on any atom is -0.390 e. The van der Waals surface area contributed by atoms with Gasteiger partial charge in [-0.1, -0.05) is 37.9 Å². The molecule has 1 aromatic carbocycles. The summed E-state index contributed by atoms with van der Waals surface area (Å²) in [5.74, 6) is -0.175. The van der Waals surface area contributed by atoms with E-state index in [1.165, 1.54) is 12.1 Å². The molecule has 0 aromatic heterocycles. The van der Waals surface area contributed by atoms with Crippen molar-refractivity contribution < 1.29 is 9.50 Å². The van der Waals surface area contributed by atoms with Crippen molar-refractivity contribution in [3.63, 3.8) is 0 Å². The van der Waals surface area contributed by atoms with Crippen molar-refractivity contribution in [3.05, 3.63) is 34.6 Å². The lowest BCUT2D eigenvalue weighted by molar-refractivity contribution is 0.00517. The van der Waals surface area contributed by atoms with Crippen LogP contribution in [0, 0.1) is 11.7 Å². The minimum absolute atomic E-state index is 0.175. The van der Waals surface area contributed by atoms with Crippen LogP contribution in [-0.2, 0) is 6.42 Å². The van der Waals surface area contributed by atoms with Crippen LogP contribution >= 0.6 is 11.6 Å². The van der Waals surface area contributed by atoms with E-state index in [-0.39, 0.29) is 11.7 Å². The van der Waals surface area contributed by atoms with Crippen LogP contribution in [0.2, 0.25) is 5.02 Å². The molecule has 0 saturated heterocycles. The second-order valence-corrected chi connectivity index (χ2v) is 4.99. The third-order valence-electron chi connectivity index (χ3n) is 3.24. The zero-order valence-corrected chi connectivity index (χ0v) is 10.7. The molecular weight excluding hydrogens is 227 g/mol. The molecule has 0 amide bonds. The summed E-state index contributed by atoms with van der Waals surface area (Å²) in [4.78, 5) is 0. The van der Waals surface area contributed by atoms with Crippen LogP contribution in [0.5, 0.6) is 0 Å². The van der Waals surface area contributed by atoms with Crippen LogP contribution < -0.4 is 0 Å². The molecule has 0 saturated carbocycles. The molecule has 1 rings (SSSR count). The fraction of sp³-hybridized carbons (Fsp3) is 0.538. The zero-order chi connectivity index (χ0) is 12.3. The van der Waals surface area contributed by atoms with Crippen LogP contribution in [0.15, 0.2) is 18.2 Å². The summed E-state index contributed by atoms with van der Waals surface area (Å²) in [6.45, 7) is 5.82. The van der Waals surface area contributed by atoms with Crippen LogP contribution in [0.3, 0.4) is 0 Å². The van der Waals surface area contributed by atoms with Gasteiger partial charge >= 0.3 is 0 Å². The molecule has 0 bridgehead atoms. The highest BCUT2D eigenvalue weighted by molar-refractivity contribution is 6.31. The Bertz CT molecular complexity index is 363. The summed E-state index contributed by atoms with van der Waals surface area (Å²) in [5, 5.41) is 10.7. The first-order chi connectivity index (χ1) is 7.36. The van der Waals surface area contributed by atoms with Crippen molar-refractivity contribution in [2.45, 2.75) is 39.2 Å². The largest absolute Gasteiger partial charge is 0.390 e. The van der Waals surface area contributed by atoms with Gasteiger partial charge in [0.2, 0.25) is 0 Å². The summed E-state index contributed by atoms with van der Waals surface area (Å²) in [5.41, 5.74) is -0.0238. The van der Waals surface area contributed by atoms with E-state index in [1.54, 1.807) is 13.0 Å². The summed E-state index contributed by atoms with van der Waals surface area (Å²) < 4.78 is 12.9. The van der Waals surface area contributed by atoms with Gasteiger partial charge in [0.1, 0.15) is 5.82 Å². The van der Waals surface area contributed by atoms with Gasteiger partial charge < -0.3 is 5.11 Å². The van der Waals surface area contributed by atoms with Gasteiger partial charge in [0.05, 0.1) is 5.60 Å². The van der Waals surface area contributed by atoms with E-state index in [1.807, 2.05) is 13.8 Å². The molecule has 2 unspecified atom stereocenters. The molecule has 1 nitrogen and oxygen atoms in total. The maximum absolute atomic E-state index is 12.9. The Balaban J connectivity index is 2.87. The van der Waals surface area contributed by atoms with Crippen molar-refractivity contribution in [1.82, 2.24) is 0 Å². The van der Waals surface area contributed by atoms with Gasteiger partial charge in [-0.15, -0.1) is 0 Å². The summed E-state index contributed by atoms with van der Waals surface area (Å²) in [6, 6.07) is 4.28. The Hall–Kier alpha value is -0.600. The van der Waals surface area contributed by atoms with E-state index < -0.39 is 5.60 Å². The molecule has 3 heteroatoms. The number of hydrogen-bond acceptors (Lipinski definition) is 1. The van der Waals surface area contributed by atoms with Gasteiger partial charge in [-0.3, -0.25) is 0 Å². The minimum atomic E-state index is -0.809. The molecule has 2 atom stereocenters. The van der Waals surface area contributed by atoms with E-state index in [0.717, 1.165) is 12.0 Å². The molecule has 0 aliphatic heterocycles. The molecule has 90 valence electrons. The van der Waals surface area contributed by atoms with Crippen molar-refractivity contribution in [2.24, 2.45) is 5.92 Å². The van der Waals surface area contributed by atoms with Crippen LogP contribution in [0.25, 0.3) is 0 Å². The monoisotopic (exact) mass is 244 g/mol. The van der Waals surface area contributed by atoms with Crippen LogP contribution in [-0.4, -0.2) is 10.7 Å². The lowest BCUT2D eigenvalue weighted by Gasteiger charge is -2.30.